The van der Waals surface area contributed by atoms with E-state index in [4.69, 9.17) is 11.2 Å². The summed E-state index contributed by atoms with van der Waals surface area (Å²) in [5.74, 6) is 2.73. The van der Waals surface area contributed by atoms with Crippen molar-refractivity contribution in [2.75, 3.05) is 27.2 Å². The molecule has 4 amide bonds. The lowest BCUT2D eigenvalue weighted by atomic mass is 10.1. The second-order valence-corrected chi connectivity index (χ2v) is 5.32. The number of urea groups is 1. The van der Waals surface area contributed by atoms with E-state index >= 15 is 0 Å². The van der Waals surface area contributed by atoms with Crippen LogP contribution in [-0.4, -0.2) is 50.0 Å². The predicted molar refractivity (Wildman–Crippen MR) is 94.2 cm³/mol. The van der Waals surface area contributed by atoms with Crippen molar-refractivity contribution in [3.63, 3.8) is 0 Å². The molecule has 1 heterocycles. The Labute approximate surface area is 147 Å². The van der Waals surface area contributed by atoms with Crippen LogP contribution < -0.4 is 10.6 Å². The highest BCUT2D eigenvalue weighted by atomic mass is 16.5. The summed E-state index contributed by atoms with van der Waals surface area (Å²) in [5, 5.41) is 4.37. The molecule has 25 heavy (non-hydrogen) atoms. The van der Waals surface area contributed by atoms with E-state index in [1.54, 1.807) is 18.9 Å². The van der Waals surface area contributed by atoms with Gasteiger partial charge in [-0.1, -0.05) is 18.9 Å². The highest BCUT2D eigenvalue weighted by molar-refractivity contribution is 6.00. The molecular formula is C18H23N3O4. The molecule has 0 aromatic heterocycles. The molecule has 0 saturated carbocycles. The quantitative estimate of drug-likeness (QED) is 0.750. The number of likely N-dealkylation sites (N-methyl/N-ethyl adjacent to an activating group) is 1. The van der Waals surface area contributed by atoms with E-state index in [2.05, 4.69) is 16.6 Å². The fourth-order valence-electron chi connectivity index (χ4n) is 2.16. The normalized spacial score (nSPS) is 15.2. The summed E-state index contributed by atoms with van der Waals surface area (Å²) in [6.07, 6.45) is 11.8. The lowest BCUT2D eigenvalue weighted by Crippen LogP contribution is -2.39. The number of rotatable bonds is 3. The van der Waals surface area contributed by atoms with Crippen LogP contribution in [0.1, 0.15) is 19.8 Å². The summed E-state index contributed by atoms with van der Waals surface area (Å²) in [6.45, 7) is 2.53. The van der Waals surface area contributed by atoms with Gasteiger partial charge in [0.15, 0.2) is 0 Å². The molecule has 1 aliphatic carbocycles. The van der Waals surface area contributed by atoms with Gasteiger partial charge in [0.05, 0.1) is 13.7 Å². The molecule has 0 bridgehead atoms. The third-order valence-electron chi connectivity index (χ3n) is 3.48. The molecule has 2 N–H and O–H groups in total. The van der Waals surface area contributed by atoms with Crippen LogP contribution in [0.25, 0.3) is 0 Å². The Balaban J connectivity index is 0.000000260. The first-order chi connectivity index (χ1) is 11.9. The molecular weight excluding hydrogens is 322 g/mol. The number of hydrogen-bond donors (Lipinski definition) is 2. The van der Waals surface area contributed by atoms with Crippen molar-refractivity contribution < 1.29 is 19.1 Å². The third-order valence-corrected chi connectivity index (χ3v) is 3.48. The SMILES string of the molecule is C#CCNC(=O)NC(=O)CC.COC1=CC2=C(CC=C1)CN(C)C2=O. The first kappa shape index (κ1) is 20.0. The number of imide groups is 1. The van der Waals surface area contributed by atoms with E-state index in [0.29, 0.717) is 0 Å². The summed E-state index contributed by atoms with van der Waals surface area (Å²) in [5.41, 5.74) is 1.98. The molecule has 0 spiro atoms. The molecule has 0 aromatic carbocycles. The van der Waals surface area contributed by atoms with Crippen LogP contribution in [0, 0.1) is 12.3 Å². The van der Waals surface area contributed by atoms with Crippen LogP contribution in [0.15, 0.2) is 35.1 Å². The molecule has 0 aromatic rings. The zero-order valence-electron chi connectivity index (χ0n) is 14.7. The smallest absolute Gasteiger partial charge is 0.322 e. The maximum absolute atomic E-state index is 11.7. The number of terminal acetylenes is 1. The standard InChI is InChI=1S/C11H13NO2.C7H10N2O2/c1-12-7-8-4-3-5-9(14-2)6-10(8)11(12)13;1-3-5-8-7(11)9-6(10)4-2/h3,5-6H,4,7H2,1-2H3;1H,4-5H2,2H3,(H2,8,9,10,11). The zero-order chi connectivity index (χ0) is 18.8. The fourth-order valence-corrected chi connectivity index (χ4v) is 2.16. The Morgan fingerprint density at radius 1 is 1.44 bits per heavy atom. The molecule has 0 fully saturated rings. The first-order valence-corrected chi connectivity index (χ1v) is 7.83. The van der Waals surface area contributed by atoms with Crippen LogP contribution in [0.2, 0.25) is 0 Å². The highest BCUT2D eigenvalue weighted by Crippen LogP contribution is 2.25. The lowest BCUT2D eigenvalue weighted by Gasteiger charge is -2.08. The number of carbonyl (C=O) groups excluding carboxylic acids is 3. The molecule has 0 unspecified atom stereocenters. The van der Waals surface area contributed by atoms with Crippen molar-refractivity contribution in [2.24, 2.45) is 0 Å². The molecule has 0 saturated heterocycles. The predicted octanol–water partition coefficient (Wildman–Crippen LogP) is 1.10. The molecule has 1 aliphatic heterocycles. The highest BCUT2D eigenvalue weighted by Gasteiger charge is 2.26. The van der Waals surface area contributed by atoms with Gasteiger partial charge in [-0.15, -0.1) is 6.42 Å². The van der Waals surface area contributed by atoms with Gasteiger partial charge in [-0.2, -0.15) is 0 Å². The average Bonchev–Trinajstić information content (AvgIpc) is 2.77. The van der Waals surface area contributed by atoms with Crippen LogP contribution in [0.3, 0.4) is 0 Å². The monoisotopic (exact) mass is 345 g/mol. The minimum absolute atomic E-state index is 0.0956. The molecule has 0 atom stereocenters. The summed E-state index contributed by atoms with van der Waals surface area (Å²) in [7, 11) is 3.44. The second-order valence-electron chi connectivity index (χ2n) is 5.32. The summed E-state index contributed by atoms with van der Waals surface area (Å²) < 4.78 is 5.13. The van der Waals surface area contributed by atoms with Gasteiger partial charge in [-0.3, -0.25) is 14.9 Å². The Morgan fingerprint density at radius 3 is 2.76 bits per heavy atom. The van der Waals surface area contributed by atoms with Crippen LogP contribution in [0.4, 0.5) is 4.79 Å². The van der Waals surface area contributed by atoms with E-state index in [1.807, 2.05) is 25.3 Å². The van der Waals surface area contributed by atoms with Crippen molar-refractivity contribution in [1.29, 1.82) is 0 Å². The number of carbonyl (C=O) groups is 3. The number of amides is 4. The largest absolute Gasteiger partial charge is 0.497 e. The van der Waals surface area contributed by atoms with E-state index in [-0.39, 0.29) is 24.8 Å². The number of hydrogen-bond acceptors (Lipinski definition) is 4. The van der Waals surface area contributed by atoms with Crippen LogP contribution in [-0.2, 0) is 14.3 Å². The number of methoxy groups -OCH3 is 1. The maximum Gasteiger partial charge on any atom is 0.322 e. The topological polar surface area (TPSA) is 87.7 Å². The molecule has 7 heteroatoms. The van der Waals surface area contributed by atoms with Crippen LogP contribution >= 0.6 is 0 Å². The minimum Gasteiger partial charge on any atom is -0.497 e. The Bertz CT molecular complexity index is 668. The fraction of sp³-hybridized carbons (Fsp3) is 0.389. The Morgan fingerprint density at radius 2 is 2.16 bits per heavy atom. The van der Waals surface area contributed by atoms with Crippen molar-refractivity contribution in [1.82, 2.24) is 15.5 Å². The third kappa shape index (κ3) is 6.18. The number of nitrogens with one attached hydrogen (secondary N) is 2. The number of ether oxygens (including phenoxy) is 1. The first-order valence-electron chi connectivity index (χ1n) is 7.83. The van der Waals surface area contributed by atoms with Gasteiger partial charge in [0, 0.05) is 25.6 Å². The average molecular weight is 345 g/mol. The Kier molecular flexibility index (Phi) is 8.00. The van der Waals surface area contributed by atoms with Gasteiger partial charge in [-0.05, 0) is 24.1 Å². The minimum atomic E-state index is -0.546. The van der Waals surface area contributed by atoms with Gasteiger partial charge in [0.2, 0.25) is 5.91 Å². The molecule has 2 rings (SSSR count). The molecule has 7 nitrogen and oxygen atoms in total. The number of allylic oxidation sites excluding steroid dienone is 2. The van der Waals surface area contributed by atoms with E-state index in [1.165, 1.54) is 5.57 Å². The van der Waals surface area contributed by atoms with E-state index < -0.39 is 6.03 Å². The van der Waals surface area contributed by atoms with Crippen molar-refractivity contribution in [3.05, 3.63) is 35.1 Å². The van der Waals surface area contributed by atoms with Crippen molar-refractivity contribution in [3.8, 4) is 12.3 Å². The second kappa shape index (κ2) is 9.98. The summed E-state index contributed by atoms with van der Waals surface area (Å²) >= 11 is 0. The van der Waals surface area contributed by atoms with E-state index in [9.17, 15) is 14.4 Å². The van der Waals surface area contributed by atoms with Gasteiger partial charge in [0.25, 0.3) is 5.91 Å². The Hall–Kier alpha value is -3.01. The van der Waals surface area contributed by atoms with Gasteiger partial charge < -0.3 is 15.0 Å². The van der Waals surface area contributed by atoms with Crippen molar-refractivity contribution in [2.45, 2.75) is 19.8 Å². The van der Waals surface area contributed by atoms with Gasteiger partial charge in [0.1, 0.15) is 5.76 Å². The maximum atomic E-state index is 11.7. The van der Waals surface area contributed by atoms with Crippen molar-refractivity contribution >= 4 is 17.8 Å². The molecule has 134 valence electrons. The summed E-state index contributed by atoms with van der Waals surface area (Å²) in [4.78, 5) is 34.6. The molecule has 0 radical (unpaired) electrons. The summed E-state index contributed by atoms with van der Waals surface area (Å²) in [6, 6.07) is -0.546. The van der Waals surface area contributed by atoms with E-state index in [0.717, 1.165) is 24.3 Å². The van der Waals surface area contributed by atoms with Gasteiger partial charge >= 0.3 is 6.03 Å². The number of nitrogens with zero attached hydrogens (tertiary/aromatic N) is 1. The lowest BCUT2D eigenvalue weighted by molar-refractivity contribution is -0.124. The van der Waals surface area contributed by atoms with Gasteiger partial charge in [-0.25, -0.2) is 4.79 Å². The zero-order valence-corrected chi connectivity index (χ0v) is 14.7. The van der Waals surface area contributed by atoms with Crippen LogP contribution in [0.5, 0.6) is 0 Å². The molecule has 2 aliphatic rings.